The zero-order chi connectivity index (χ0) is 29.4. The third kappa shape index (κ3) is 6.46. The lowest BCUT2D eigenvalue weighted by Gasteiger charge is -2.53. The zero-order valence-electron chi connectivity index (χ0n) is 23.3. The fourth-order valence-electron chi connectivity index (χ4n) is 7.01. The van der Waals surface area contributed by atoms with Crippen molar-refractivity contribution < 1.29 is 23.1 Å². The Kier molecular flexibility index (Phi) is 9.05. The Labute approximate surface area is 252 Å². The largest absolute Gasteiger partial charge is 0.481 e. The van der Waals surface area contributed by atoms with Gasteiger partial charge in [-0.25, -0.2) is 13.1 Å². The fourth-order valence-corrected chi connectivity index (χ4v) is 8.93. The number of rotatable bonds is 11. The number of carbonyl (C=O) groups excluding carboxylic acids is 1. The zero-order valence-corrected chi connectivity index (χ0v) is 25.6. The van der Waals surface area contributed by atoms with Gasteiger partial charge in [0.05, 0.1) is 23.1 Å². The molecule has 2 saturated carbocycles. The van der Waals surface area contributed by atoms with Crippen LogP contribution < -0.4 is 4.72 Å². The summed E-state index contributed by atoms with van der Waals surface area (Å²) in [5, 5.41) is 10.7. The van der Waals surface area contributed by atoms with Crippen LogP contribution >= 0.6 is 23.2 Å². The third-order valence-electron chi connectivity index (χ3n) is 9.39. The summed E-state index contributed by atoms with van der Waals surface area (Å²) in [4.78, 5) is 28.7. The average Bonchev–Trinajstić information content (AvgIpc) is 3.61. The lowest BCUT2D eigenvalue weighted by Crippen LogP contribution is -2.59. The third-order valence-corrected chi connectivity index (χ3v) is 11.8. The number of nitrogens with one attached hydrogen (secondary N) is 1. The summed E-state index contributed by atoms with van der Waals surface area (Å²) in [5.74, 6) is -1.39. The highest BCUT2D eigenvalue weighted by Crippen LogP contribution is 2.55. The molecule has 3 aliphatic rings. The Morgan fingerprint density at radius 1 is 1.05 bits per heavy atom. The Morgan fingerprint density at radius 3 is 2.32 bits per heavy atom. The smallest absolute Gasteiger partial charge is 0.304 e. The molecular formula is C31H38Cl2N2O5S. The van der Waals surface area contributed by atoms with Gasteiger partial charge in [0.25, 0.3) is 0 Å². The number of hydrogen-bond acceptors (Lipinski definition) is 4. The Bertz CT molecular complexity index is 1380. The number of sulfonamides is 1. The summed E-state index contributed by atoms with van der Waals surface area (Å²) < 4.78 is 29.4. The van der Waals surface area contributed by atoms with Crippen molar-refractivity contribution in [3.05, 3.63) is 69.7 Å². The van der Waals surface area contributed by atoms with Crippen LogP contribution in [0.15, 0.2) is 48.5 Å². The maximum absolute atomic E-state index is 14.7. The molecule has 7 nitrogen and oxygen atoms in total. The molecule has 3 fully saturated rings. The normalized spacial score (nSPS) is 26.3. The number of piperidine rings is 1. The molecule has 2 aromatic carbocycles. The van der Waals surface area contributed by atoms with Gasteiger partial charge in [-0.2, -0.15) is 0 Å². The van der Waals surface area contributed by atoms with Crippen molar-refractivity contribution >= 4 is 45.1 Å². The van der Waals surface area contributed by atoms with Gasteiger partial charge >= 0.3 is 5.97 Å². The van der Waals surface area contributed by atoms with Gasteiger partial charge in [0.15, 0.2) is 0 Å². The molecule has 0 aromatic heterocycles. The topological polar surface area (TPSA) is 104 Å². The first-order valence-corrected chi connectivity index (χ1v) is 16.9. The average molecular weight is 622 g/mol. The number of nitrogens with zero attached hydrogens (tertiary/aromatic N) is 1. The number of aliphatic carboxylic acids is 1. The van der Waals surface area contributed by atoms with Crippen molar-refractivity contribution in [3.63, 3.8) is 0 Å². The standard InChI is InChI=1S/C31H38Cl2N2O5S/c1-2-31(18-28(36)37)17-26(22-6-5-7-24(33)16-22)29(21-12-14-23(32)15-13-21)35(30(31)38)27(20-10-11-20)19-34-41(39,40)25-8-3-4-9-25/h5-7,12-16,20,25-27,29,34H,2-4,8-11,17-19H2,1H3,(H,36,37)/t26-,27-,29-,31-/m1/s1. The highest BCUT2D eigenvalue weighted by Gasteiger charge is 2.55. The Balaban J connectivity index is 1.63. The fraction of sp³-hybridized carbons (Fsp3) is 0.548. The van der Waals surface area contributed by atoms with E-state index in [4.69, 9.17) is 23.2 Å². The van der Waals surface area contributed by atoms with E-state index in [1.165, 1.54) is 0 Å². The summed E-state index contributed by atoms with van der Waals surface area (Å²) in [6.07, 6.45) is 5.25. The second-order valence-electron chi connectivity index (χ2n) is 12.0. The molecule has 0 spiro atoms. The summed E-state index contributed by atoms with van der Waals surface area (Å²) in [6.45, 7) is 1.97. The molecule has 5 rings (SSSR count). The first-order valence-electron chi connectivity index (χ1n) is 14.6. The van der Waals surface area contributed by atoms with Crippen LogP contribution in [-0.4, -0.2) is 48.1 Å². The Morgan fingerprint density at radius 2 is 1.73 bits per heavy atom. The van der Waals surface area contributed by atoms with E-state index in [9.17, 15) is 23.1 Å². The lowest BCUT2D eigenvalue weighted by atomic mass is 9.64. The van der Waals surface area contributed by atoms with E-state index in [2.05, 4.69) is 4.72 Å². The molecule has 1 aliphatic heterocycles. The molecule has 2 aliphatic carbocycles. The number of carboxylic acid groups (broad SMARTS) is 1. The van der Waals surface area contributed by atoms with Crippen molar-refractivity contribution in [2.24, 2.45) is 11.3 Å². The maximum atomic E-state index is 14.7. The second-order valence-corrected chi connectivity index (χ2v) is 14.9. The summed E-state index contributed by atoms with van der Waals surface area (Å²) >= 11 is 12.7. The van der Waals surface area contributed by atoms with E-state index in [1.54, 1.807) is 18.2 Å². The van der Waals surface area contributed by atoms with Crippen LogP contribution in [0.2, 0.25) is 10.0 Å². The predicted octanol–water partition coefficient (Wildman–Crippen LogP) is 6.56. The number of carbonyl (C=O) groups is 2. The summed E-state index contributed by atoms with van der Waals surface area (Å²) in [7, 11) is -3.55. The minimum Gasteiger partial charge on any atom is -0.481 e. The van der Waals surface area contributed by atoms with Gasteiger partial charge in [-0.05, 0) is 79.8 Å². The quantitative estimate of drug-likeness (QED) is 0.296. The SMILES string of the molecule is CC[C@]1(CC(=O)O)C[C@H](c2cccc(Cl)c2)[C@@H](c2ccc(Cl)cc2)N([C@H](CNS(=O)(=O)C2CCCC2)C2CC2)C1=O. The molecule has 4 atom stereocenters. The minimum atomic E-state index is -3.55. The van der Waals surface area contributed by atoms with Gasteiger partial charge < -0.3 is 10.0 Å². The van der Waals surface area contributed by atoms with Crippen molar-refractivity contribution in [2.75, 3.05) is 6.54 Å². The van der Waals surface area contributed by atoms with Crippen LogP contribution in [0.1, 0.15) is 87.8 Å². The number of amides is 1. The summed E-state index contributed by atoms with van der Waals surface area (Å²) in [6, 6.07) is 14.1. The lowest BCUT2D eigenvalue weighted by molar-refractivity contribution is -0.162. The number of hydrogen-bond donors (Lipinski definition) is 2. The first kappa shape index (κ1) is 30.3. The highest BCUT2D eigenvalue weighted by molar-refractivity contribution is 7.90. The molecule has 0 bridgehead atoms. The van der Waals surface area contributed by atoms with E-state index >= 15 is 0 Å². The molecule has 0 radical (unpaired) electrons. The number of halogens is 2. The van der Waals surface area contributed by atoms with Crippen LogP contribution in [0, 0.1) is 11.3 Å². The first-order chi connectivity index (χ1) is 19.5. The van der Waals surface area contributed by atoms with Crippen molar-refractivity contribution in [3.8, 4) is 0 Å². The Hall–Kier alpha value is -2.13. The van der Waals surface area contributed by atoms with Crippen LogP contribution in [0.4, 0.5) is 0 Å². The van der Waals surface area contributed by atoms with E-state index in [0.717, 1.165) is 36.8 Å². The van der Waals surface area contributed by atoms with Gasteiger partial charge in [-0.1, -0.05) is 67.2 Å². The van der Waals surface area contributed by atoms with Crippen LogP contribution in [0.3, 0.4) is 0 Å². The van der Waals surface area contributed by atoms with Gasteiger partial charge in [-0.3, -0.25) is 9.59 Å². The molecule has 2 N–H and O–H groups in total. The number of carboxylic acids is 1. The predicted molar refractivity (Wildman–Crippen MR) is 161 cm³/mol. The van der Waals surface area contributed by atoms with E-state index in [1.807, 2.05) is 42.2 Å². The van der Waals surface area contributed by atoms with E-state index in [0.29, 0.717) is 35.7 Å². The molecule has 1 heterocycles. The second kappa shape index (κ2) is 12.2. The highest BCUT2D eigenvalue weighted by atomic mass is 35.5. The number of benzene rings is 2. The van der Waals surface area contributed by atoms with Crippen molar-refractivity contribution in [1.82, 2.24) is 9.62 Å². The molecule has 10 heteroatoms. The summed E-state index contributed by atoms with van der Waals surface area (Å²) in [5.41, 5.74) is 0.649. The van der Waals surface area contributed by atoms with Gasteiger partial charge in [0.1, 0.15) is 0 Å². The van der Waals surface area contributed by atoms with Crippen molar-refractivity contribution in [1.29, 1.82) is 0 Å². The van der Waals surface area contributed by atoms with Crippen LogP contribution in [-0.2, 0) is 19.6 Å². The molecule has 0 unspecified atom stereocenters. The maximum Gasteiger partial charge on any atom is 0.304 e. The molecule has 41 heavy (non-hydrogen) atoms. The minimum absolute atomic E-state index is 0.106. The molecular weight excluding hydrogens is 583 g/mol. The molecule has 222 valence electrons. The van der Waals surface area contributed by atoms with Gasteiger partial charge in [-0.15, -0.1) is 0 Å². The van der Waals surface area contributed by atoms with E-state index in [-0.39, 0.29) is 30.7 Å². The molecule has 1 saturated heterocycles. The monoisotopic (exact) mass is 620 g/mol. The van der Waals surface area contributed by atoms with E-state index < -0.39 is 38.7 Å². The van der Waals surface area contributed by atoms with Gasteiger partial charge in [0, 0.05) is 28.5 Å². The number of likely N-dealkylation sites (tertiary alicyclic amines) is 1. The van der Waals surface area contributed by atoms with Gasteiger partial charge in [0.2, 0.25) is 15.9 Å². The molecule has 1 amide bonds. The van der Waals surface area contributed by atoms with Crippen LogP contribution in [0.5, 0.6) is 0 Å². The molecule has 2 aromatic rings. The van der Waals surface area contributed by atoms with Crippen LogP contribution in [0.25, 0.3) is 0 Å². The van der Waals surface area contributed by atoms with Crippen molar-refractivity contribution in [2.45, 2.75) is 88.0 Å².